The fourth-order valence-electron chi connectivity index (χ4n) is 8.81. The van der Waals surface area contributed by atoms with Gasteiger partial charge in [0.25, 0.3) is 0 Å². The molecule has 0 radical (unpaired) electrons. The van der Waals surface area contributed by atoms with E-state index in [2.05, 4.69) is 189 Å². The van der Waals surface area contributed by atoms with Gasteiger partial charge in [-0.3, -0.25) is 0 Å². The van der Waals surface area contributed by atoms with Crippen molar-refractivity contribution in [1.29, 1.82) is 0 Å². The predicted octanol–water partition coefficient (Wildman–Crippen LogP) is 14.9. The van der Waals surface area contributed by atoms with E-state index in [0.717, 1.165) is 51.3 Å². The second-order valence-corrected chi connectivity index (χ2v) is 16.8. The highest BCUT2D eigenvalue weighted by Crippen LogP contribution is 2.60. The van der Waals surface area contributed by atoms with E-state index in [-0.39, 0.29) is 5.41 Å². The lowest BCUT2D eigenvalue weighted by molar-refractivity contribution is 0.594. The number of thioether (sulfide) groups is 1. The molecule has 7 aromatic carbocycles. The van der Waals surface area contributed by atoms with E-state index in [1.807, 2.05) is 36.0 Å². The topological polar surface area (TPSA) is 38.7 Å². The Hall–Kier alpha value is -7.14. The van der Waals surface area contributed by atoms with Crippen LogP contribution in [0.25, 0.3) is 89.4 Å². The Kier molecular flexibility index (Phi) is 8.94. The minimum atomic E-state index is -0.151. The van der Waals surface area contributed by atoms with Gasteiger partial charge in [-0.1, -0.05) is 207 Å². The quantitative estimate of drug-likeness (QED) is 0.161. The van der Waals surface area contributed by atoms with Crippen molar-refractivity contribution >= 4 is 22.7 Å². The molecule has 11 rings (SSSR count). The van der Waals surface area contributed by atoms with Crippen LogP contribution in [0.15, 0.2) is 216 Å². The van der Waals surface area contributed by atoms with E-state index < -0.39 is 0 Å². The van der Waals surface area contributed by atoms with E-state index in [1.54, 1.807) is 0 Å². The standard InChI is InChI=1S/C56H39N3S/c1-56-34-12-11-25-50(56)60-54-52(56)51-46(45-22-13-21-44(35-45)38-17-7-3-8-18-38)23-14-24-47(51)57-53(54)42-32-30-41(31-33-42)49-36-48(58-55(59-49)43-19-9-4-10-20-43)40-28-26-39(27-29-40)37-15-5-2-6-16-37/h2-33,35-36H,34H2,1H3. The van der Waals surface area contributed by atoms with Crippen LogP contribution in [-0.4, -0.2) is 15.0 Å². The van der Waals surface area contributed by atoms with Crippen LogP contribution in [0.2, 0.25) is 0 Å². The lowest BCUT2D eigenvalue weighted by Gasteiger charge is -2.29. The van der Waals surface area contributed by atoms with Gasteiger partial charge < -0.3 is 0 Å². The first-order valence-electron chi connectivity index (χ1n) is 20.5. The van der Waals surface area contributed by atoms with Crippen LogP contribution in [0, 0.1) is 0 Å². The molecule has 1 aliphatic carbocycles. The van der Waals surface area contributed by atoms with Gasteiger partial charge in [0.15, 0.2) is 5.82 Å². The number of hydrogen-bond acceptors (Lipinski definition) is 4. The zero-order valence-corrected chi connectivity index (χ0v) is 33.9. The third kappa shape index (κ3) is 6.37. The zero-order valence-electron chi connectivity index (χ0n) is 33.1. The van der Waals surface area contributed by atoms with Gasteiger partial charge in [0.2, 0.25) is 0 Å². The van der Waals surface area contributed by atoms with E-state index in [9.17, 15) is 0 Å². The normalized spacial score (nSPS) is 15.4. The molecule has 9 aromatic rings. The van der Waals surface area contributed by atoms with E-state index in [0.29, 0.717) is 5.82 Å². The Morgan fingerprint density at radius 3 is 1.67 bits per heavy atom. The summed E-state index contributed by atoms with van der Waals surface area (Å²) >= 11 is 1.89. The molecule has 0 amide bonds. The summed E-state index contributed by atoms with van der Waals surface area (Å²) in [6.45, 7) is 2.41. The van der Waals surface area contributed by atoms with Crippen molar-refractivity contribution in [1.82, 2.24) is 15.0 Å². The van der Waals surface area contributed by atoms with Crippen LogP contribution >= 0.6 is 11.8 Å². The van der Waals surface area contributed by atoms with Crippen molar-refractivity contribution in [2.24, 2.45) is 0 Å². The first kappa shape index (κ1) is 36.0. The monoisotopic (exact) mass is 785 g/mol. The highest BCUT2D eigenvalue weighted by atomic mass is 32.2. The molecule has 0 spiro atoms. The van der Waals surface area contributed by atoms with Gasteiger partial charge in [-0.15, -0.1) is 0 Å². The van der Waals surface area contributed by atoms with Gasteiger partial charge in [0, 0.05) is 42.9 Å². The highest BCUT2D eigenvalue weighted by Gasteiger charge is 2.43. The fraction of sp³-hybridized carbons (Fsp3) is 0.0536. The van der Waals surface area contributed by atoms with Gasteiger partial charge >= 0.3 is 0 Å². The summed E-state index contributed by atoms with van der Waals surface area (Å²) in [6, 6.07) is 66.5. The summed E-state index contributed by atoms with van der Waals surface area (Å²) < 4.78 is 0. The van der Waals surface area contributed by atoms with Crippen LogP contribution < -0.4 is 0 Å². The van der Waals surface area contributed by atoms with Crippen molar-refractivity contribution in [3.05, 3.63) is 217 Å². The molecule has 0 N–H and O–H groups in total. The number of nitrogens with zero attached hydrogens (tertiary/aromatic N) is 3. The largest absolute Gasteiger partial charge is 0.247 e. The number of fused-ring (bicyclic) bond motifs is 5. The molecule has 3 nitrogen and oxygen atoms in total. The van der Waals surface area contributed by atoms with Crippen molar-refractivity contribution in [2.75, 3.05) is 0 Å². The van der Waals surface area contributed by atoms with Crippen molar-refractivity contribution in [2.45, 2.75) is 23.7 Å². The molecule has 2 aliphatic rings. The third-order valence-electron chi connectivity index (χ3n) is 12.0. The lowest BCUT2D eigenvalue weighted by atomic mass is 9.74. The molecular weight excluding hydrogens is 747 g/mol. The van der Waals surface area contributed by atoms with Crippen LogP contribution in [0.3, 0.4) is 0 Å². The van der Waals surface area contributed by atoms with E-state index in [4.69, 9.17) is 15.0 Å². The number of allylic oxidation sites excluding steroid dienone is 4. The maximum Gasteiger partial charge on any atom is 0.160 e. The van der Waals surface area contributed by atoms with Crippen LogP contribution in [0.1, 0.15) is 18.9 Å². The summed E-state index contributed by atoms with van der Waals surface area (Å²) in [6.07, 6.45) is 7.78. The van der Waals surface area contributed by atoms with Crippen LogP contribution in [0.4, 0.5) is 0 Å². The number of rotatable bonds is 7. The van der Waals surface area contributed by atoms with E-state index in [1.165, 1.54) is 54.1 Å². The zero-order chi connectivity index (χ0) is 40.0. The van der Waals surface area contributed by atoms with Gasteiger partial charge in [-0.2, -0.15) is 0 Å². The Balaban J connectivity index is 1.02. The Bertz CT molecular complexity index is 3120. The molecule has 1 unspecified atom stereocenters. The molecule has 0 bridgehead atoms. The molecule has 284 valence electrons. The smallest absolute Gasteiger partial charge is 0.160 e. The highest BCUT2D eigenvalue weighted by molar-refractivity contribution is 8.03. The van der Waals surface area contributed by atoms with Crippen LogP contribution in [0.5, 0.6) is 0 Å². The molecule has 0 saturated heterocycles. The fourth-order valence-corrected chi connectivity index (χ4v) is 10.3. The van der Waals surface area contributed by atoms with Crippen LogP contribution in [-0.2, 0) is 5.41 Å². The summed E-state index contributed by atoms with van der Waals surface area (Å²) in [7, 11) is 0. The average molecular weight is 786 g/mol. The molecule has 4 heteroatoms. The molecule has 0 saturated carbocycles. The predicted molar refractivity (Wildman–Crippen MR) is 250 cm³/mol. The molecule has 1 atom stereocenters. The first-order valence-corrected chi connectivity index (χ1v) is 21.3. The maximum atomic E-state index is 5.52. The Morgan fingerprint density at radius 1 is 0.467 bits per heavy atom. The summed E-state index contributed by atoms with van der Waals surface area (Å²) in [5.74, 6) is 0.701. The first-order chi connectivity index (χ1) is 29.6. The van der Waals surface area contributed by atoms with Gasteiger partial charge in [-0.25, -0.2) is 15.0 Å². The molecule has 0 fully saturated rings. The third-order valence-corrected chi connectivity index (χ3v) is 13.4. The Morgan fingerprint density at radius 2 is 1.00 bits per heavy atom. The number of benzene rings is 7. The number of pyridine rings is 1. The minimum Gasteiger partial charge on any atom is -0.247 e. The van der Waals surface area contributed by atoms with E-state index >= 15 is 0 Å². The lowest BCUT2D eigenvalue weighted by Crippen LogP contribution is -2.21. The molecule has 2 aromatic heterocycles. The summed E-state index contributed by atoms with van der Waals surface area (Å²) in [5, 5.41) is 1.24. The van der Waals surface area contributed by atoms with Gasteiger partial charge in [0.05, 0.1) is 22.6 Å². The SMILES string of the molecule is CC12CC=CC=C1Sc1c(-c3ccc(-c4cc(-c5ccc(-c6ccccc6)cc5)nc(-c5ccccc5)n4)cc3)nc3cccc(-c4cccc(-c5ccccc5)c4)c3c12. The van der Waals surface area contributed by atoms with Crippen molar-refractivity contribution in [3.63, 3.8) is 0 Å². The second kappa shape index (κ2) is 14.9. The van der Waals surface area contributed by atoms with Crippen molar-refractivity contribution in [3.8, 4) is 78.5 Å². The number of hydrogen-bond donors (Lipinski definition) is 0. The average Bonchev–Trinajstić information content (AvgIpc) is 3.65. The second-order valence-electron chi connectivity index (χ2n) is 15.8. The maximum absolute atomic E-state index is 5.52. The molecule has 1 aliphatic heterocycles. The van der Waals surface area contributed by atoms with Gasteiger partial charge in [0.1, 0.15) is 0 Å². The Labute approximate surface area is 354 Å². The molecular formula is C56H39N3S. The minimum absolute atomic E-state index is 0.151. The summed E-state index contributed by atoms with van der Waals surface area (Å²) in [5.41, 5.74) is 16.4. The summed E-state index contributed by atoms with van der Waals surface area (Å²) in [4.78, 5) is 18.4. The van der Waals surface area contributed by atoms with Crippen molar-refractivity contribution < 1.29 is 0 Å². The molecule has 60 heavy (non-hydrogen) atoms. The number of aromatic nitrogens is 3. The van der Waals surface area contributed by atoms with Gasteiger partial charge in [-0.05, 0) is 63.6 Å². The molecule has 3 heterocycles.